The summed E-state index contributed by atoms with van der Waals surface area (Å²) in [6.07, 6.45) is 0. The summed E-state index contributed by atoms with van der Waals surface area (Å²) in [4.78, 5) is 37.7. The van der Waals surface area contributed by atoms with Crippen molar-refractivity contribution in [3.05, 3.63) is 94.5 Å². The molecule has 0 saturated carbocycles. The Bertz CT molecular complexity index is 1180. The summed E-state index contributed by atoms with van der Waals surface area (Å²) in [7, 11) is 1.58. The number of carbonyl (C=O) groups is 3. The highest BCUT2D eigenvalue weighted by Gasteiger charge is 2.27. The van der Waals surface area contributed by atoms with Gasteiger partial charge in [0.25, 0.3) is 11.8 Å². The van der Waals surface area contributed by atoms with Crippen LogP contribution < -0.4 is 15.4 Å². The van der Waals surface area contributed by atoms with Crippen molar-refractivity contribution in [3.63, 3.8) is 0 Å². The van der Waals surface area contributed by atoms with Crippen molar-refractivity contribution < 1.29 is 23.9 Å². The van der Waals surface area contributed by atoms with Gasteiger partial charge in [-0.3, -0.25) is 9.59 Å². The number of methoxy groups -OCH3 is 1. The normalized spacial score (nSPS) is 11.5. The molecule has 0 radical (unpaired) electrons. The number of anilines is 1. The van der Waals surface area contributed by atoms with Crippen molar-refractivity contribution in [2.75, 3.05) is 12.4 Å². The molecule has 2 N–H and O–H groups in total. The number of carbonyl (C=O) groups excluding carboxylic acids is 3. The highest BCUT2D eigenvalue weighted by atomic mass is 35.5. The zero-order valence-electron chi connectivity index (χ0n) is 19.7. The molecule has 0 fully saturated rings. The molecule has 0 bridgehead atoms. The second-order valence-electron chi connectivity index (χ2n) is 8.16. The molecule has 0 spiro atoms. The molecule has 3 aromatic rings. The summed E-state index contributed by atoms with van der Waals surface area (Å²) in [5, 5.41) is 5.82. The highest BCUT2D eigenvalue weighted by molar-refractivity contribution is 6.33. The van der Waals surface area contributed by atoms with Gasteiger partial charge >= 0.3 is 5.97 Å². The van der Waals surface area contributed by atoms with E-state index in [1.165, 1.54) is 0 Å². The molecule has 0 aliphatic carbocycles. The smallest absolute Gasteiger partial charge is 0.329 e. The number of halogens is 1. The molecular weight excluding hydrogens is 468 g/mol. The first-order valence-electron chi connectivity index (χ1n) is 11.0. The van der Waals surface area contributed by atoms with E-state index in [2.05, 4.69) is 10.6 Å². The van der Waals surface area contributed by atoms with Gasteiger partial charge in [-0.15, -0.1) is 0 Å². The molecule has 0 aliphatic heterocycles. The van der Waals surface area contributed by atoms with E-state index in [0.29, 0.717) is 27.6 Å². The summed E-state index contributed by atoms with van der Waals surface area (Å²) in [6, 6.07) is 19.5. The van der Waals surface area contributed by atoms with Crippen LogP contribution in [0, 0.1) is 5.92 Å². The zero-order valence-corrected chi connectivity index (χ0v) is 20.5. The Kier molecular flexibility index (Phi) is 8.86. The van der Waals surface area contributed by atoms with E-state index >= 15 is 0 Å². The monoisotopic (exact) mass is 494 g/mol. The van der Waals surface area contributed by atoms with Crippen LogP contribution in [0.3, 0.4) is 0 Å². The van der Waals surface area contributed by atoms with Gasteiger partial charge in [0, 0.05) is 11.3 Å². The Labute approximate surface area is 209 Å². The molecule has 3 rings (SSSR count). The lowest BCUT2D eigenvalue weighted by Gasteiger charge is -2.21. The van der Waals surface area contributed by atoms with Crippen molar-refractivity contribution >= 4 is 35.1 Å². The summed E-state index contributed by atoms with van der Waals surface area (Å²) in [5.74, 6) is -0.760. The SMILES string of the molecule is COc1ccc(NC(=O)c2ccc(COC(=O)[C@@H](NC(=O)c3ccccc3Cl)C(C)C)cc2)cc1. The van der Waals surface area contributed by atoms with E-state index in [0.717, 1.165) is 0 Å². The summed E-state index contributed by atoms with van der Waals surface area (Å²) < 4.78 is 10.5. The third kappa shape index (κ3) is 7.07. The second-order valence-corrected chi connectivity index (χ2v) is 8.57. The number of rotatable bonds is 9. The number of esters is 1. The average Bonchev–Trinajstić information content (AvgIpc) is 2.86. The van der Waals surface area contributed by atoms with Gasteiger partial charge < -0.3 is 20.1 Å². The molecule has 7 nitrogen and oxygen atoms in total. The van der Waals surface area contributed by atoms with E-state index < -0.39 is 17.9 Å². The summed E-state index contributed by atoms with van der Waals surface area (Å²) >= 11 is 6.08. The van der Waals surface area contributed by atoms with Gasteiger partial charge in [-0.1, -0.05) is 49.7 Å². The van der Waals surface area contributed by atoms with Gasteiger partial charge in [0.05, 0.1) is 17.7 Å². The number of hydrogen-bond acceptors (Lipinski definition) is 5. The Hall–Kier alpha value is -3.84. The van der Waals surface area contributed by atoms with Gasteiger partial charge in [0.2, 0.25) is 0 Å². The third-order valence-corrected chi connectivity index (χ3v) is 5.60. The molecule has 0 unspecified atom stereocenters. The van der Waals surface area contributed by atoms with Crippen LogP contribution in [-0.4, -0.2) is 30.9 Å². The number of ether oxygens (including phenoxy) is 2. The van der Waals surface area contributed by atoms with Gasteiger partial charge in [-0.25, -0.2) is 4.79 Å². The molecule has 0 aromatic heterocycles. The first-order valence-corrected chi connectivity index (χ1v) is 11.4. The molecule has 0 saturated heterocycles. The van der Waals surface area contributed by atoms with E-state index in [4.69, 9.17) is 21.1 Å². The average molecular weight is 495 g/mol. The van der Waals surface area contributed by atoms with Gasteiger partial charge in [0.15, 0.2) is 0 Å². The Morgan fingerprint density at radius 1 is 0.886 bits per heavy atom. The molecule has 0 aliphatic rings. The third-order valence-electron chi connectivity index (χ3n) is 5.27. The largest absolute Gasteiger partial charge is 0.497 e. The van der Waals surface area contributed by atoms with E-state index in [1.54, 1.807) is 79.9 Å². The van der Waals surface area contributed by atoms with Crippen LogP contribution in [0.25, 0.3) is 0 Å². The molecule has 182 valence electrons. The van der Waals surface area contributed by atoms with Gasteiger partial charge in [-0.05, 0) is 60.0 Å². The highest BCUT2D eigenvalue weighted by Crippen LogP contribution is 2.18. The molecule has 2 amide bonds. The van der Waals surface area contributed by atoms with E-state index in [-0.39, 0.29) is 24.0 Å². The Balaban J connectivity index is 1.56. The van der Waals surface area contributed by atoms with Crippen LogP contribution >= 0.6 is 11.6 Å². The predicted octanol–water partition coefficient (Wildman–Crippen LogP) is 5.10. The van der Waals surface area contributed by atoms with Gasteiger partial charge in [-0.2, -0.15) is 0 Å². The minimum atomic E-state index is -0.840. The second kappa shape index (κ2) is 12.0. The first kappa shape index (κ1) is 25.8. The number of nitrogens with one attached hydrogen (secondary N) is 2. The molecular formula is C27H27ClN2O5. The molecule has 35 heavy (non-hydrogen) atoms. The minimum absolute atomic E-state index is 0.00436. The van der Waals surface area contributed by atoms with Crippen LogP contribution in [0.15, 0.2) is 72.8 Å². The van der Waals surface area contributed by atoms with Crippen LogP contribution in [0.4, 0.5) is 5.69 Å². The van der Waals surface area contributed by atoms with Crippen molar-refractivity contribution in [2.24, 2.45) is 5.92 Å². The maximum absolute atomic E-state index is 12.7. The summed E-state index contributed by atoms with van der Waals surface area (Å²) in [6.45, 7) is 3.63. The van der Waals surface area contributed by atoms with E-state index in [9.17, 15) is 14.4 Å². The van der Waals surface area contributed by atoms with Crippen molar-refractivity contribution in [2.45, 2.75) is 26.5 Å². The minimum Gasteiger partial charge on any atom is -0.497 e. The van der Waals surface area contributed by atoms with Crippen LogP contribution in [0.2, 0.25) is 5.02 Å². The fourth-order valence-electron chi connectivity index (χ4n) is 3.24. The lowest BCUT2D eigenvalue weighted by atomic mass is 10.0. The lowest BCUT2D eigenvalue weighted by molar-refractivity contribution is -0.148. The zero-order chi connectivity index (χ0) is 25.4. The van der Waals surface area contributed by atoms with Crippen molar-refractivity contribution in [1.82, 2.24) is 5.32 Å². The fraction of sp³-hybridized carbons (Fsp3) is 0.222. The standard InChI is InChI=1S/C27H27ClN2O5/c1-17(2)24(30-26(32)22-6-4-5-7-23(22)28)27(33)35-16-18-8-10-19(11-9-18)25(31)29-20-12-14-21(34-3)15-13-20/h4-15,17,24H,16H2,1-3H3,(H,29,31)(H,30,32)/t24-/m0/s1. The quantitative estimate of drug-likeness (QED) is 0.404. The molecule has 1 atom stereocenters. The van der Waals surface area contributed by atoms with Crippen molar-refractivity contribution in [3.8, 4) is 5.75 Å². The van der Waals surface area contributed by atoms with Crippen LogP contribution in [0.1, 0.15) is 40.1 Å². The topological polar surface area (TPSA) is 93.7 Å². The molecule has 3 aromatic carbocycles. The number of benzene rings is 3. The maximum Gasteiger partial charge on any atom is 0.329 e. The fourth-order valence-corrected chi connectivity index (χ4v) is 3.46. The van der Waals surface area contributed by atoms with Crippen molar-refractivity contribution in [1.29, 1.82) is 0 Å². The van der Waals surface area contributed by atoms with E-state index in [1.807, 2.05) is 13.8 Å². The predicted molar refractivity (Wildman–Crippen MR) is 135 cm³/mol. The molecule has 0 heterocycles. The van der Waals surface area contributed by atoms with Crippen LogP contribution in [-0.2, 0) is 16.1 Å². The first-order chi connectivity index (χ1) is 16.8. The number of hydrogen-bond donors (Lipinski definition) is 2. The summed E-state index contributed by atoms with van der Waals surface area (Å²) in [5.41, 5.74) is 2.10. The molecule has 8 heteroatoms. The van der Waals surface area contributed by atoms with Crippen LogP contribution in [0.5, 0.6) is 5.75 Å². The lowest BCUT2D eigenvalue weighted by Crippen LogP contribution is -2.45. The number of amides is 2. The maximum atomic E-state index is 12.7. The van der Waals surface area contributed by atoms with Gasteiger partial charge in [0.1, 0.15) is 18.4 Å². The Morgan fingerprint density at radius 3 is 2.14 bits per heavy atom. The Morgan fingerprint density at radius 2 is 1.54 bits per heavy atom.